The fraction of sp³-hybridized carbons (Fsp3) is 0.394. The molecule has 0 aliphatic rings. The quantitative estimate of drug-likeness (QED) is 0.341. The summed E-state index contributed by atoms with van der Waals surface area (Å²) in [5, 5.41) is 24.3. The lowest BCUT2D eigenvalue weighted by Crippen LogP contribution is -2.26. The Balaban J connectivity index is 2.25. The standard InChI is InChI=1S/C33H45N3O2/c1-7-35(8-2)29-13-10-27(11-14-29)33(31-16-12-28(22-24(31)4)26(6)34-18-20-37)32-17-15-30(23-25(32)5)36(9-3)19-21-38/h10-17,22-23,34,37-38H,7-9,18-21H2,1-6H3/b28-26-,33-31+. The summed E-state index contributed by atoms with van der Waals surface area (Å²) >= 11 is 0. The van der Waals surface area contributed by atoms with Crippen LogP contribution in [0.5, 0.6) is 0 Å². The summed E-state index contributed by atoms with van der Waals surface area (Å²) in [6, 6.07) is 22.2. The van der Waals surface area contributed by atoms with Crippen molar-refractivity contribution < 1.29 is 10.2 Å². The highest BCUT2D eigenvalue weighted by Gasteiger charge is 2.14. The molecule has 0 unspecified atom stereocenters. The van der Waals surface area contributed by atoms with E-state index in [1.807, 2.05) is 0 Å². The van der Waals surface area contributed by atoms with Crippen LogP contribution in [0.25, 0.3) is 11.3 Å². The van der Waals surface area contributed by atoms with Gasteiger partial charge in [0.25, 0.3) is 0 Å². The van der Waals surface area contributed by atoms with Crippen molar-refractivity contribution in [2.45, 2.75) is 41.5 Å². The molecule has 0 spiro atoms. The van der Waals surface area contributed by atoms with E-state index < -0.39 is 0 Å². The van der Waals surface area contributed by atoms with Gasteiger partial charge in [-0.2, -0.15) is 0 Å². The SMILES string of the molecule is CCN(CC)c1ccc(/C(c2ccc(N(CC)CCO)cc2C)=c2/cc/c(=C(\C)NCCO)cc2C)cc1. The predicted octanol–water partition coefficient (Wildman–Crippen LogP) is 3.93. The molecule has 3 rings (SSSR count). The maximum absolute atomic E-state index is 9.51. The summed E-state index contributed by atoms with van der Waals surface area (Å²) < 4.78 is 0. The number of anilines is 2. The predicted molar refractivity (Wildman–Crippen MR) is 162 cm³/mol. The fourth-order valence-corrected chi connectivity index (χ4v) is 5.12. The number of aliphatic hydroxyl groups excluding tert-OH is 2. The monoisotopic (exact) mass is 515 g/mol. The molecule has 3 N–H and O–H groups in total. The van der Waals surface area contributed by atoms with Gasteiger partial charge in [-0.25, -0.2) is 0 Å². The van der Waals surface area contributed by atoms with Crippen molar-refractivity contribution in [1.82, 2.24) is 5.32 Å². The van der Waals surface area contributed by atoms with Gasteiger partial charge in [0.05, 0.1) is 13.2 Å². The van der Waals surface area contributed by atoms with Crippen LogP contribution in [0.3, 0.4) is 0 Å². The minimum Gasteiger partial charge on any atom is -0.395 e. The summed E-state index contributed by atoms with van der Waals surface area (Å²) in [5.41, 5.74) is 9.45. The average molecular weight is 516 g/mol. The first-order chi connectivity index (χ1) is 18.4. The Bertz CT molecular complexity index is 1310. The van der Waals surface area contributed by atoms with Crippen LogP contribution in [0.2, 0.25) is 0 Å². The van der Waals surface area contributed by atoms with E-state index in [1.165, 1.54) is 38.7 Å². The molecular formula is C33H45N3O2. The van der Waals surface area contributed by atoms with Crippen molar-refractivity contribution in [3.05, 3.63) is 93.4 Å². The number of rotatable bonds is 12. The highest BCUT2D eigenvalue weighted by atomic mass is 16.3. The fourth-order valence-electron chi connectivity index (χ4n) is 5.12. The van der Waals surface area contributed by atoms with E-state index in [4.69, 9.17) is 0 Å². The van der Waals surface area contributed by atoms with E-state index >= 15 is 0 Å². The third-order valence-corrected chi connectivity index (χ3v) is 7.31. The molecule has 5 heteroatoms. The molecule has 0 aliphatic carbocycles. The number of hydrogen-bond donors (Lipinski definition) is 3. The van der Waals surface area contributed by atoms with E-state index in [0.717, 1.165) is 36.2 Å². The van der Waals surface area contributed by atoms with E-state index in [-0.39, 0.29) is 13.2 Å². The van der Waals surface area contributed by atoms with Crippen LogP contribution in [0.4, 0.5) is 11.4 Å². The Kier molecular flexibility index (Phi) is 10.8. The number of benzene rings is 3. The maximum atomic E-state index is 9.51. The Morgan fingerprint density at radius 1 is 0.737 bits per heavy atom. The summed E-state index contributed by atoms with van der Waals surface area (Å²) in [4.78, 5) is 4.56. The molecule has 0 bridgehead atoms. The maximum Gasteiger partial charge on any atom is 0.0606 e. The first kappa shape index (κ1) is 29.3. The molecule has 0 heterocycles. The van der Waals surface area contributed by atoms with Gasteiger partial charge >= 0.3 is 0 Å². The number of hydrogen-bond acceptors (Lipinski definition) is 5. The lowest BCUT2D eigenvalue weighted by atomic mass is 9.90. The van der Waals surface area contributed by atoms with Crippen LogP contribution < -0.4 is 25.6 Å². The number of aliphatic hydroxyl groups is 2. The molecule has 0 saturated heterocycles. The summed E-state index contributed by atoms with van der Waals surface area (Å²) in [6.45, 7) is 17.1. The van der Waals surface area contributed by atoms with Crippen molar-refractivity contribution in [2.75, 3.05) is 55.7 Å². The van der Waals surface area contributed by atoms with E-state index in [9.17, 15) is 10.2 Å². The summed E-state index contributed by atoms with van der Waals surface area (Å²) in [7, 11) is 0. The van der Waals surface area contributed by atoms with Crippen LogP contribution >= 0.6 is 0 Å². The first-order valence-corrected chi connectivity index (χ1v) is 13.9. The van der Waals surface area contributed by atoms with Crippen molar-refractivity contribution in [1.29, 1.82) is 0 Å². The topological polar surface area (TPSA) is 59.0 Å². The molecule has 0 aromatic heterocycles. The van der Waals surface area contributed by atoms with Crippen LogP contribution in [0.15, 0.2) is 60.7 Å². The minimum absolute atomic E-state index is 0.110. The van der Waals surface area contributed by atoms with E-state index in [2.05, 4.69) is 117 Å². The van der Waals surface area contributed by atoms with Crippen molar-refractivity contribution in [3.8, 4) is 0 Å². The third-order valence-electron chi connectivity index (χ3n) is 7.31. The molecule has 0 aliphatic heterocycles. The molecule has 0 amide bonds. The Labute approximate surface area is 228 Å². The largest absolute Gasteiger partial charge is 0.395 e. The van der Waals surface area contributed by atoms with E-state index in [1.54, 1.807) is 0 Å². The van der Waals surface area contributed by atoms with Gasteiger partial charge in [0.2, 0.25) is 0 Å². The third kappa shape index (κ3) is 6.77. The smallest absolute Gasteiger partial charge is 0.0606 e. The second kappa shape index (κ2) is 14.0. The summed E-state index contributed by atoms with van der Waals surface area (Å²) in [5.74, 6) is 0. The molecular weight excluding hydrogens is 470 g/mol. The van der Waals surface area contributed by atoms with Gasteiger partial charge < -0.3 is 25.3 Å². The zero-order valence-electron chi connectivity index (χ0n) is 24.0. The van der Waals surface area contributed by atoms with Crippen LogP contribution in [-0.2, 0) is 0 Å². The van der Waals surface area contributed by atoms with Crippen molar-refractivity contribution in [2.24, 2.45) is 0 Å². The van der Waals surface area contributed by atoms with Gasteiger partial charge in [-0.05, 0) is 110 Å². The number of nitrogens with one attached hydrogen (secondary N) is 1. The average Bonchev–Trinajstić information content (AvgIpc) is 2.93. The van der Waals surface area contributed by atoms with Crippen molar-refractivity contribution >= 4 is 22.6 Å². The highest BCUT2D eigenvalue weighted by molar-refractivity contribution is 5.83. The van der Waals surface area contributed by atoms with Gasteiger partial charge in [-0.1, -0.05) is 30.3 Å². The Morgan fingerprint density at radius 2 is 1.39 bits per heavy atom. The van der Waals surface area contributed by atoms with Crippen LogP contribution in [0.1, 0.15) is 49.9 Å². The Morgan fingerprint density at radius 3 is 1.95 bits per heavy atom. The van der Waals surface area contributed by atoms with Gasteiger partial charge in [0, 0.05) is 49.8 Å². The molecule has 204 valence electrons. The molecule has 3 aromatic carbocycles. The van der Waals surface area contributed by atoms with Gasteiger partial charge in [-0.3, -0.25) is 0 Å². The number of likely N-dealkylation sites (N-methyl/N-ethyl adjacent to an activating group) is 1. The van der Waals surface area contributed by atoms with Crippen LogP contribution in [0, 0.1) is 13.8 Å². The van der Waals surface area contributed by atoms with E-state index in [0.29, 0.717) is 13.1 Å². The molecule has 0 fully saturated rings. The lowest BCUT2D eigenvalue weighted by molar-refractivity contribution is 0.299. The normalized spacial score (nSPS) is 12.7. The zero-order chi connectivity index (χ0) is 27.7. The molecule has 0 atom stereocenters. The van der Waals surface area contributed by atoms with Gasteiger partial charge in [0.15, 0.2) is 0 Å². The highest BCUT2D eigenvalue weighted by Crippen LogP contribution is 2.29. The number of nitrogens with zero attached hydrogens (tertiary/aromatic N) is 2. The number of aryl methyl sites for hydroxylation is 2. The first-order valence-electron chi connectivity index (χ1n) is 13.9. The van der Waals surface area contributed by atoms with Crippen LogP contribution in [-0.4, -0.2) is 56.2 Å². The molecule has 3 aromatic rings. The zero-order valence-corrected chi connectivity index (χ0v) is 24.0. The molecule has 38 heavy (non-hydrogen) atoms. The second-order valence-corrected chi connectivity index (χ2v) is 9.70. The van der Waals surface area contributed by atoms with Gasteiger partial charge in [0.1, 0.15) is 0 Å². The van der Waals surface area contributed by atoms with Gasteiger partial charge in [-0.15, -0.1) is 0 Å². The molecule has 0 radical (unpaired) electrons. The van der Waals surface area contributed by atoms with Crippen molar-refractivity contribution in [3.63, 3.8) is 0 Å². The second-order valence-electron chi connectivity index (χ2n) is 9.70. The Hall–Kier alpha value is -3.28. The molecule has 0 saturated carbocycles. The minimum atomic E-state index is 0.110. The molecule has 5 nitrogen and oxygen atoms in total. The summed E-state index contributed by atoms with van der Waals surface area (Å²) in [6.07, 6.45) is 0. The lowest BCUT2D eigenvalue weighted by Gasteiger charge is -2.24.